The first-order valence-corrected chi connectivity index (χ1v) is 11.8. The summed E-state index contributed by atoms with van der Waals surface area (Å²) in [5.41, 5.74) is 0.232. The van der Waals surface area contributed by atoms with Gasteiger partial charge < -0.3 is 19.4 Å². The van der Waals surface area contributed by atoms with Crippen LogP contribution in [0.4, 0.5) is 10.6 Å². The molecule has 34 heavy (non-hydrogen) atoms. The van der Waals surface area contributed by atoms with Crippen LogP contribution in [0, 0.1) is 0 Å². The largest absolute Gasteiger partial charge is 0.494 e. The standard InChI is InChI=1S/C25H34BN3O5/c1-23(2,3)32-22(31)29-14-8-9-19(29)21(30)28-20-13-10-16-15-17(11-12-18(16)27-20)26-33-24(4,5)25(6,7)34-26/h10-13,15,19H,8-9,14H2,1-7H3,(H,27,28,30)/t19-/m1/s1. The van der Waals surface area contributed by atoms with Crippen molar-refractivity contribution in [2.75, 3.05) is 11.9 Å². The smallest absolute Gasteiger partial charge is 0.444 e. The monoisotopic (exact) mass is 467 g/mol. The molecule has 4 rings (SSSR count). The molecule has 2 saturated heterocycles. The third-order valence-electron chi connectivity index (χ3n) is 6.67. The maximum absolute atomic E-state index is 12.9. The molecule has 1 atom stereocenters. The predicted octanol–water partition coefficient (Wildman–Crippen LogP) is 3.87. The van der Waals surface area contributed by atoms with E-state index in [-0.39, 0.29) is 5.91 Å². The van der Waals surface area contributed by atoms with Gasteiger partial charge >= 0.3 is 13.2 Å². The van der Waals surface area contributed by atoms with Gasteiger partial charge in [-0.1, -0.05) is 12.1 Å². The Hall–Kier alpha value is -2.65. The summed E-state index contributed by atoms with van der Waals surface area (Å²) in [7, 11) is -0.449. The summed E-state index contributed by atoms with van der Waals surface area (Å²) in [5.74, 6) is 0.181. The normalized spacial score (nSPS) is 21.7. The summed E-state index contributed by atoms with van der Waals surface area (Å²) in [6, 6.07) is 8.93. The molecule has 1 aromatic carbocycles. The molecule has 182 valence electrons. The fraction of sp³-hybridized carbons (Fsp3) is 0.560. The van der Waals surface area contributed by atoms with E-state index in [1.54, 1.807) is 6.07 Å². The maximum atomic E-state index is 12.9. The number of benzene rings is 1. The zero-order chi connectivity index (χ0) is 24.9. The second-order valence-electron chi connectivity index (χ2n) is 11.1. The summed E-state index contributed by atoms with van der Waals surface area (Å²) >= 11 is 0. The highest BCUT2D eigenvalue weighted by Gasteiger charge is 2.51. The number of fused-ring (bicyclic) bond motifs is 1. The predicted molar refractivity (Wildman–Crippen MR) is 132 cm³/mol. The zero-order valence-corrected chi connectivity index (χ0v) is 21.1. The van der Waals surface area contributed by atoms with E-state index in [1.807, 2.05) is 72.7 Å². The summed E-state index contributed by atoms with van der Waals surface area (Å²) < 4.78 is 17.8. The number of ether oxygens (including phenoxy) is 1. The molecular weight excluding hydrogens is 433 g/mol. The molecule has 2 aliphatic heterocycles. The van der Waals surface area contributed by atoms with Crippen LogP contribution in [0.2, 0.25) is 0 Å². The van der Waals surface area contributed by atoms with Crippen molar-refractivity contribution < 1.29 is 23.6 Å². The number of carbonyl (C=O) groups is 2. The van der Waals surface area contributed by atoms with E-state index >= 15 is 0 Å². The Balaban J connectivity index is 1.47. The second kappa shape index (κ2) is 8.54. The van der Waals surface area contributed by atoms with Crippen LogP contribution in [0.15, 0.2) is 30.3 Å². The van der Waals surface area contributed by atoms with Crippen LogP contribution < -0.4 is 10.8 Å². The lowest BCUT2D eigenvalue weighted by atomic mass is 9.78. The van der Waals surface area contributed by atoms with E-state index in [1.165, 1.54) is 4.90 Å². The molecule has 3 heterocycles. The van der Waals surface area contributed by atoms with Crippen molar-refractivity contribution in [3.05, 3.63) is 30.3 Å². The van der Waals surface area contributed by atoms with Gasteiger partial charge in [-0.3, -0.25) is 9.69 Å². The van der Waals surface area contributed by atoms with Gasteiger partial charge in [-0.2, -0.15) is 0 Å². The van der Waals surface area contributed by atoms with Crippen molar-refractivity contribution in [3.8, 4) is 0 Å². The number of amides is 2. The summed E-state index contributed by atoms with van der Waals surface area (Å²) in [6.45, 7) is 14.0. The minimum atomic E-state index is -0.612. The molecule has 1 aromatic heterocycles. The van der Waals surface area contributed by atoms with Gasteiger partial charge in [0.15, 0.2) is 0 Å². The number of nitrogens with zero attached hydrogens (tertiary/aromatic N) is 2. The number of likely N-dealkylation sites (tertiary alicyclic amines) is 1. The fourth-order valence-corrected chi connectivity index (χ4v) is 4.13. The van der Waals surface area contributed by atoms with Crippen molar-refractivity contribution in [2.24, 2.45) is 0 Å². The average Bonchev–Trinajstić information content (AvgIpc) is 3.29. The highest BCUT2D eigenvalue weighted by Crippen LogP contribution is 2.36. The van der Waals surface area contributed by atoms with E-state index in [4.69, 9.17) is 14.0 Å². The average molecular weight is 467 g/mol. The van der Waals surface area contributed by atoms with Crippen LogP contribution in [0.3, 0.4) is 0 Å². The molecule has 0 radical (unpaired) electrons. The molecule has 0 aliphatic carbocycles. The molecule has 1 N–H and O–H groups in total. The lowest BCUT2D eigenvalue weighted by Crippen LogP contribution is -2.45. The van der Waals surface area contributed by atoms with E-state index in [2.05, 4.69) is 10.3 Å². The molecule has 0 bridgehead atoms. The molecule has 0 spiro atoms. The molecule has 0 unspecified atom stereocenters. The van der Waals surface area contributed by atoms with E-state index in [0.29, 0.717) is 18.8 Å². The van der Waals surface area contributed by atoms with Gasteiger partial charge in [-0.15, -0.1) is 0 Å². The molecule has 2 aromatic rings. The van der Waals surface area contributed by atoms with Crippen LogP contribution in [-0.4, -0.2) is 58.4 Å². The van der Waals surface area contributed by atoms with E-state index < -0.39 is 36.1 Å². The zero-order valence-electron chi connectivity index (χ0n) is 21.1. The quantitative estimate of drug-likeness (QED) is 0.690. The van der Waals surface area contributed by atoms with Crippen LogP contribution in [0.25, 0.3) is 10.9 Å². The fourth-order valence-electron chi connectivity index (χ4n) is 4.13. The third kappa shape index (κ3) is 4.91. The first-order chi connectivity index (χ1) is 15.8. The number of aromatic nitrogens is 1. The number of carbonyl (C=O) groups excluding carboxylic acids is 2. The number of hydrogen-bond acceptors (Lipinski definition) is 6. The number of nitrogens with one attached hydrogen (secondary N) is 1. The summed E-state index contributed by atoms with van der Waals surface area (Å²) in [6.07, 6.45) is 0.882. The maximum Gasteiger partial charge on any atom is 0.494 e. The Morgan fingerprint density at radius 3 is 2.44 bits per heavy atom. The highest BCUT2D eigenvalue weighted by molar-refractivity contribution is 6.62. The number of pyridine rings is 1. The Kier molecular flexibility index (Phi) is 6.15. The van der Waals surface area contributed by atoms with Gasteiger partial charge in [-0.05, 0) is 90.4 Å². The first-order valence-electron chi connectivity index (χ1n) is 11.8. The van der Waals surface area contributed by atoms with Crippen molar-refractivity contribution in [1.82, 2.24) is 9.88 Å². The van der Waals surface area contributed by atoms with Gasteiger partial charge in [0.25, 0.3) is 0 Å². The Labute approximate surface area is 201 Å². The van der Waals surface area contributed by atoms with Gasteiger partial charge in [0.1, 0.15) is 17.5 Å². The third-order valence-corrected chi connectivity index (χ3v) is 6.67. The second-order valence-corrected chi connectivity index (χ2v) is 11.1. The number of anilines is 1. The van der Waals surface area contributed by atoms with Crippen molar-refractivity contribution >= 4 is 41.3 Å². The summed E-state index contributed by atoms with van der Waals surface area (Å²) in [4.78, 5) is 31.6. The van der Waals surface area contributed by atoms with E-state index in [0.717, 1.165) is 22.8 Å². The van der Waals surface area contributed by atoms with Gasteiger partial charge in [-0.25, -0.2) is 9.78 Å². The molecule has 8 nitrogen and oxygen atoms in total. The van der Waals surface area contributed by atoms with Crippen molar-refractivity contribution in [2.45, 2.75) is 84.2 Å². The SMILES string of the molecule is CC(C)(C)OC(=O)N1CCC[C@@H]1C(=O)Nc1ccc2cc(B3OC(C)(C)C(C)(C)O3)ccc2n1. The summed E-state index contributed by atoms with van der Waals surface area (Å²) in [5, 5.41) is 3.78. The lowest BCUT2D eigenvalue weighted by molar-refractivity contribution is -0.120. The Morgan fingerprint density at radius 1 is 1.12 bits per heavy atom. The van der Waals surface area contributed by atoms with Crippen LogP contribution in [0.1, 0.15) is 61.3 Å². The molecule has 0 saturated carbocycles. The molecule has 2 amide bonds. The Bertz CT molecular complexity index is 1100. The lowest BCUT2D eigenvalue weighted by Gasteiger charge is -2.32. The van der Waals surface area contributed by atoms with Gasteiger partial charge in [0.05, 0.1) is 16.7 Å². The van der Waals surface area contributed by atoms with Crippen LogP contribution in [0.5, 0.6) is 0 Å². The van der Waals surface area contributed by atoms with E-state index in [9.17, 15) is 9.59 Å². The van der Waals surface area contributed by atoms with Crippen LogP contribution in [-0.2, 0) is 18.8 Å². The number of rotatable bonds is 3. The molecule has 2 aliphatic rings. The van der Waals surface area contributed by atoms with Gasteiger partial charge in [0, 0.05) is 6.54 Å². The van der Waals surface area contributed by atoms with Crippen molar-refractivity contribution in [1.29, 1.82) is 0 Å². The van der Waals surface area contributed by atoms with Crippen molar-refractivity contribution in [3.63, 3.8) is 0 Å². The minimum absolute atomic E-state index is 0.260. The topological polar surface area (TPSA) is 90.0 Å². The highest BCUT2D eigenvalue weighted by atomic mass is 16.7. The minimum Gasteiger partial charge on any atom is -0.444 e. The molecule has 9 heteroatoms. The molecule has 2 fully saturated rings. The number of hydrogen-bond donors (Lipinski definition) is 1. The molecular formula is C25H34BN3O5. The van der Waals surface area contributed by atoms with Crippen LogP contribution >= 0.6 is 0 Å². The Morgan fingerprint density at radius 2 is 1.79 bits per heavy atom. The van der Waals surface area contributed by atoms with Gasteiger partial charge in [0.2, 0.25) is 5.91 Å². The first kappa shape index (κ1) is 24.5.